The minimum Gasteiger partial charge on any atom is -0.370 e. The van der Waals surface area contributed by atoms with Gasteiger partial charge in [0, 0.05) is 4.47 Å². The number of nitrogens with zero attached hydrogens (tertiary/aromatic N) is 1. The Morgan fingerprint density at radius 2 is 2.12 bits per heavy atom. The van der Waals surface area contributed by atoms with Crippen molar-refractivity contribution in [1.82, 2.24) is 9.78 Å². The van der Waals surface area contributed by atoms with E-state index in [4.69, 9.17) is 4.74 Å². The molecule has 5 heteroatoms. The predicted molar refractivity (Wildman–Crippen MR) is 62.6 cm³/mol. The number of fused-ring (bicyclic) bond motifs is 1. The molecule has 0 saturated carbocycles. The van der Waals surface area contributed by atoms with Crippen LogP contribution in [0, 0.1) is 0 Å². The van der Waals surface area contributed by atoms with Crippen molar-refractivity contribution in [3.8, 4) is 5.69 Å². The number of benzene rings is 1. The molecule has 0 unspecified atom stereocenters. The summed E-state index contributed by atoms with van der Waals surface area (Å²) in [6, 6.07) is 7.75. The molecule has 0 fully saturated rings. The van der Waals surface area contributed by atoms with Gasteiger partial charge in [-0.3, -0.25) is 14.6 Å². The third kappa shape index (κ3) is 1.36. The van der Waals surface area contributed by atoms with Gasteiger partial charge >= 0.3 is 0 Å². The van der Waals surface area contributed by atoms with Crippen LogP contribution in [-0.2, 0) is 18.0 Å². The maximum Gasteiger partial charge on any atom is 0.270 e. The van der Waals surface area contributed by atoms with Crippen molar-refractivity contribution in [2.75, 3.05) is 0 Å². The second kappa shape index (κ2) is 3.61. The van der Waals surface area contributed by atoms with Crippen molar-refractivity contribution in [1.29, 1.82) is 0 Å². The molecule has 1 aliphatic heterocycles. The number of para-hydroxylation sites is 1. The topological polar surface area (TPSA) is 47.0 Å². The first kappa shape index (κ1) is 9.86. The normalized spacial score (nSPS) is 14.1. The van der Waals surface area contributed by atoms with Crippen LogP contribution >= 0.6 is 15.9 Å². The Kier molecular flexibility index (Phi) is 2.22. The summed E-state index contributed by atoms with van der Waals surface area (Å²) >= 11 is 3.47. The van der Waals surface area contributed by atoms with Crippen LogP contribution in [0.2, 0.25) is 0 Å². The highest BCUT2D eigenvalue weighted by Crippen LogP contribution is 2.24. The summed E-state index contributed by atoms with van der Waals surface area (Å²) in [5.41, 5.74) is 2.50. The predicted octanol–water partition coefficient (Wildman–Crippen LogP) is 1.96. The number of halogens is 1. The van der Waals surface area contributed by atoms with Crippen molar-refractivity contribution in [2.45, 2.75) is 13.2 Å². The fraction of sp³-hybridized carbons (Fsp3) is 0.182. The average molecular weight is 281 g/mol. The molecule has 82 valence electrons. The van der Waals surface area contributed by atoms with Gasteiger partial charge in [-0.2, -0.15) is 0 Å². The average Bonchev–Trinajstić information content (AvgIpc) is 2.84. The summed E-state index contributed by atoms with van der Waals surface area (Å²) in [5, 5.41) is 2.82. The Bertz CT molecular complexity index is 600. The number of ether oxygens (including phenoxy) is 1. The van der Waals surface area contributed by atoms with Crippen LogP contribution in [0.25, 0.3) is 5.69 Å². The number of aromatic amines is 1. The van der Waals surface area contributed by atoms with Crippen LogP contribution in [0.15, 0.2) is 33.5 Å². The fourth-order valence-corrected chi connectivity index (χ4v) is 2.35. The Morgan fingerprint density at radius 1 is 1.31 bits per heavy atom. The smallest absolute Gasteiger partial charge is 0.270 e. The van der Waals surface area contributed by atoms with E-state index in [1.165, 1.54) is 0 Å². The van der Waals surface area contributed by atoms with E-state index in [9.17, 15) is 4.79 Å². The van der Waals surface area contributed by atoms with Gasteiger partial charge in [0.05, 0.1) is 30.2 Å². The van der Waals surface area contributed by atoms with Crippen LogP contribution in [0.4, 0.5) is 0 Å². The number of rotatable bonds is 1. The highest BCUT2D eigenvalue weighted by atomic mass is 79.9. The van der Waals surface area contributed by atoms with Gasteiger partial charge in [-0.25, -0.2) is 0 Å². The maximum absolute atomic E-state index is 11.6. The van der Waals surface area contributed by atoms with Crippen molar-refractivity contribution < 1.29 is 4.74 Å². The Hall–Kier alpha value is -1.33. The quantitative estimate of drug-likeness (QED) is 0.868. The lowest BCUT2D eigenvalue weighted by atomic mass is 10.3. The summed E-state index contributed by atoms with van der Waals surface area (Å²) in [6.45, 7) is 0.886. The van der Waals surface area contributed by atoms with Gasteiger partial charge in [0.25, 0.3) is 5.56 Å². The number of H-pyrrole nitrogens is 1. The van der Waals surface area contributed by atoms with E-state index in [2.05, 4.69) is 21.0 Å². The first-order valence-electron chi connectivity index (χ1n) is 4.93. The Morgan fingerprint density at radius 3 is 2.94 bits per heavy atom. The van der Waals surface area contributed by atoms with Crippen LogP contribution in [-0.4, -0.2) is 9.78 Å². The minimum absolute atomic E-state index is 0.0664. The van der Waals surface area contributed by atoms with E-state index in [0.717, 1.165) is 21.4 Å². The molecule has 0 spiro atoms. The van der Waals surface area contributed by atoms with E-state index in [0.29, 0.717) is 13.2 Å². The summed E-state index contributed by atoms with van der Waals surface area (Å²) in [5.74, 6) is 0. The third-order valence-corrected chi connectivity index (χ3v) is 3.35. The van der Waals surface area contributed by atoms with Crippen LogP contribution in [0.1, 0.15) is 11.3 Å². The second-order valence-corrected chi connectivity index (χ2v) is 4.50. The largest absolute Gasteiger partial charge is 0.370 e. The first-order chi connectivity index (χ1) is 7.77. The first-order valence-corrected chi connectivity index (χ1v) is 5.72. The van der Waals surface area contributed by atoms with Gasteiger partial charge in [-0.1, -0.05) is 12.1 Å². The summed E-state index contributed by atoms with van der Waals surface area (Å²) in [7, 11) is 0. The van der Waals surface area contributed by atoms with E-state index in [-0.39, 0.29) is 5.56 Å². The fourth-order valence-electron chi connectivity index (χ4n) is 1.89. The van der Waals surface area contributed by atoms with Crippen LogP contribution in [0.5, 0.6) is 0 Å². The van der Waals surface area contributed by atoms with Crippen molar-refractivity contribution in [3.05, 3.63) is 50.3 Å². The number of nitrogens with one attached hydrogen (secondary N) is 1. The monoisotopic (exact) mass is 280 g/mol. The molecule has 0 radical (unpaired) electrons. The van der Waals surface area contributed by atoms with Gasteiger partial charge in [0.2, 0.25) is 0 Å². The van der Waals surface area contributed by atoms with Crippen LogP contribution < -0.4 is 5.56 Å². The highest BCUT2D eigenvalue weighted by molar-refractivity contribution is 9.10. The maximum atomic E-state index is 11.6. The van der Waals surface area contributed by atoms with Crippen molar-refractivity contribution in [2.24, 2.45) is 0 Å². The molecule has 16 heavy (non-hydrogen) atoms. The van der Waals surface area contributed by atoms with Gasteiger partial charge < -0.3 is 4.74 Å². The standard InChI is InChI=1S/C11H9BrN2O2/c12-8-3-1-2-4-9(8)14-10-6-16-5-7(10)11(15)13-14/h1-4H,5-6H2,(H,13,15). The van der Waals surface area contributed by atoms with E-state index in [1.54, 1.807) is 4.68 Å². The minimum atomic E-state index is -0.0664. The van der Waals surface area contributed by atoms with Crippen molar-refractivity contribution >= 4 is 15.9 Å². The molecule has 1 aromatic carbocycles. The molecule has 2 heterocycles. The van der Waals surface area contributed by atoms with Gasteiger partial charge in [0.1, 0.15) is 0 Å². The van der Waals surface area contributed by atoms with E-state index >= 15 is 0 Å². The zero-order valence-corrected chi connectivity index (χ0v) is 9.95. The summed E-state index contributed by atoms with van der Waals surface area (Å²) in [4.78, 5) is 11.6. The van der Waals surface area contributed by atoms with E-state index < -0.39 is 0 Å². The summed E-state index contributed by atoms with van der Waals surface area (Å²) in [6.07, 6.45) is 0. The van der Waals surface area contributed by atoms with Gasteiger partial charge in [-0.05, 0) is 28.1 Å². The molecule has 1 aromatic heterocycles. The molecule has 1 N–H and O–H groups in total. The SMILES string of the molecule is O=c1[nH]n(-c2ccccc2Br)c2c1COC2. The van der Waals surface area contributed by atoms with Gasteiger partial charge in [-0.15, -0.1) is 0 Å². The lowest BCUT2D eigenvalue weighted by Gasteiger charge is -2.07. The molecule has 0 amide bonds. The van der Waals surface area contributed by atoms with Crippen molar-refractivity contribution in [3.63, 3.8) is 0 Å². The zero-order chi connectivity index (χ0) is 11.1. The third-order valence-electron chi connectivity index (χ3n) is 2.68. The number of hydrogen-bond acceptors (Lipinski definition) is 2. The van der Waals surface area contributed by atoms with Crippen LogP contribution in [0.3, 0.4) is 0 Å². The molecular weight excluding hydrogens is 272 g/mol. The molecule has 4 nitrogen and oxygen atoms in total. The lowest BCUT2D eigenvalue weighted by molar-refractivity contribution is 0.130. The molecule has 3 rings (SSSR count). The lowest BCUT2D eigenvalue weighted by Crippen LogP contribution is -2.08. The second-order valence-electron chi connectivity index (χ2n) is 3.65. The Labute approximate surface area is 100.0 Å². The summed E-state index contributed by atoms with van der Waals surface area (Å²) < 4.78 is 8.01. The highest BCUT2D eigenvalue weighted by Gasteiger charge is 2.22. The number of hydrogen-bond donors (Lipinski definition) is 1. The molecule has 2 aromatic rings. The molecule has 0 aliphatic carbocycles. The van der Waals surface area contributed by atoms with E-state index in [1.807, 2.05) is 24.3 Å². The zero-order valence-electron chi connectivity index (χ0n) is 8.37. The molecular formula is C11H9BrN2O2. The molecule has 1 aliphatic rings. The van der Waals surface area contributed by atoms with Gasteiger partial charge in [0.15, 0.2) is 0 Å². The molecule has 0 bridgehead atoms. The number of aromatic nitrogens is 2. The molecule has 0 atom stereocenters. The molecule has 0 saturated heterocycles. The Balaban J connectivity index is 2.25.